The van der Waals surface area contributed by atoms with Gasteiger partial charge in [-0.2, -0.15) is 5.10 Å². The number of carboxylic acids is 1. The summed E-state index contributed by atoms with van der Waals surface area (Å²) >= 11 is 5.75. The molecule has 16 heavy (non-hydrogen) atoms. The van der Waals surface area contributed by atoms with Gasteiger partial charge in [-0.25, -0.2) is 9.78 Å². The van der Waals surface area contributed by atoms with Gasteiger partial charge in [0.2, 0.25) is 0 Å². The predicted octanol–water partition coefficient (Wildman–Crippen LogP) is 1.83. The highest BCUT2D eigenvalue weighted by Gasteiger charge is 2.09. The summed E-state index contributed by atoms with van der Waals surface area (Å²) in [6, 6.07) is 2.77. The van der Waals surface area contributed by atoms with Crippen LogP contribution in [0.25, 0.3) is 11.3 Å². The molecule has 2 heterocycles. The Morgan fingerprint density at radius 3 is 2.81 bits per heavy atom. The zero-order valence-corrected chi connectivity index (χ0v) is 9.14. The number of aryl methyl sites for hydroxylation is 1. The van der Waals surface area contributed by atoms with Gasteiger partial charge in [-0.3, -0.25) is 4.68 Å². The van der Waals surface area contributed by atoms with Gasteiger partial charge in [0.25, 0.3) is 0 Å². The van der Waals surface area contributed by atoms with E-state index in [9.17, 15) is 4.79 Å². The number of pyridine rings is 1. The Morgan fingerprint density at radius 2 is 2.25 bits per heavy atom. The van der Waals surface area contributed by atoms with Crippen molar-refractivity contribution in [1.29, 1.82) is 0 Å². The van der Waals surface area contributed by atoms with Crippen molar-refractivity contribution in [2.75, 3.05) is 0 Å². The molecule has 2 aromatic heterocycles. The number of rotatable bonds is 2. The van der Waals surface area contributed by atoms with Gasteiger partial charge < -0.3 is 5.11 Å². The topological polar surface area (TPSA) is 68.0 Å². The summed E-state index contributed by atoms with van der Waals surface area (Å²) < 4.78 is 1.61. The number of nitrogens with zero attached hydrogens (tertiary/aromatic N) is 3. The lowest BCUT2D eigenvalue weighted by Gasteiger charge is -2.00. The van der Waals surface area contributed by atoms with Crippen LogP contribution in [-0.2, 0) is 7.05 Å². The molecule has 82 valence electrons. The van der Waals surface area contributed by atoms with Crippen molar-refractivity contribution in [3.8, 4) is 11.3 Å². The average Bonchev–Trinajstić information content (AvgIpc) is 2.64. The normalized spacial score (nSPS) is 10.4. The minimum Gasteiger partial charge on any atom is -0.478 e. The van der Waals surface area contributed by atoms with E-state index in [1.165, 1.54) is 12.1 Å². The van der Waals surface area contributed by atoms with E-state index >= 15 is 0 Å². The fraction of sp³-hybridized carbons (Fsp3) is 0.100. The van der Waals surface area contributed by atoms with E-state index in [4.69, 9.17) is 16.7 Å². The Labute approximate surface area is 96.3 Å². The fourth-order valence-electron chi connectivity index (χ4n) is 1.32. The van der Waals surface area contributed by atoms with Gasteiger partial charge in [-0.05, 0) is 12.1 Å². The number of halogens is 1. The van der Waals surface area contributed by atoms with E-state index in [-0.39, 0.29) is 10.7 Å². The first-order valence-electron chi connectivity index (χ1n) is 4.46. The average molecular weight is 238 g/mol. The number of hydrogen-bond acceptors (Lipinski definition) is 3. The van der Waals surface area contributed by atoms with Gasteiger partial charge in [0.15, 0.2) is 0 Å². The first kappa shape index (κ1) is 10.6. The summed E-state index contributed by atoms with van der Waals surface area (Å²) in [6.07, 6.45) is 3.34. The van der Waals surface area contributed by atoms with Crippen LogP contribution in [-0.4, -0.2) is 25.8 Å². The Bertz CT molecular complexity index is 551. The highest BCUT2D eigenvalue weighted by atomic mass is 35.5. The molecule has 0 fully saturated rings. The summed E-state index contributed by atoms with van der Waals surface area (Å²) in [5.74, 6) is -1.03. The van der Waals surface area contributed by atoms with E-state index in [1.807, 2.05) is 0 Å². The third-order valence-corrected chi connectivity index (χ3v) is 2.24. The number of hydrogen-bond donors (Lipinski definition) is 1. The molecule has 0 radical (unpaired) electrons. The van der Waals surface area contributed by atoms with Gasteiger partial charge >= 0.3 is 5.97 Å². The van der Waals surface area contributed by atoms with Crippen molar-refractivity contribution in [3.05, 3.63) is 35.2 Å². The molecule has 0 saturated carbocycles. The van der Waals surface area contributed by atoms with Crippen molar-refractivity contribution in [1.82, 2.24) is 14.8 Å². The summed E-state index contributed by atoms with van der Waals surface area (Å²) in [6.45, 7) is 0. The van der Waals surface area contributed by atoms with Crippen LogP contribution in [0.2, 0.25) is 5.15 Å². The molecule has 0 unspecified atom stereocenters. The monoisotopic (exact) mass is 237 g/mol. The van der Waals surface area contributed by atoms with Gasteiger partial charge in [0.05, 0.1) is 17.5 Å². The maximum absolute atomic E-state index is 10.8. The van der Waals surface area contributed by atoms with Crippen LogP contribution in [0.5, 0.6) is 0 Å². The quantitative estimate of drug-likeness (QED) is 0.810. The van der Waals surface area contributed by atoms with E-state index in [2.05, 4.69) is 10.1 Å². The van der Waals surface area contributed by atoms with Crippen molar-refractivity contribution in [2.24, 2.45) is 7.05 Å². The summed E-state index contributed by atoms with van der Waals surface area (Å²) in [5.41, 5.74) is 1.34. The third-order valence-electron chi connectivity index (χ3n) is 2.04. The van der Waals surface area contributed by atoms with Crippen LogP contribution in [0.4, 0.5) is 0 Å². The van der Waals surface area contributed by atoms with Gasteiger partial charge in [0.1, 0.15) is 5.15 Å². The van der Waals surface area contributed by atoms with Gasteiger partial charge in [0, 0.05) is 18.8 Å². The molecule has 0 atom stereocenters. The number of aromatic carboxylic acids is 1. The number of aromatic nitrogens is 3. The van der Waals surface area contributed by atoms with Crippen LogP contribution in [0.15, 0.2) is 24.5 Å². The molecule has 2 aromatic rings. The Balaban J connectivity index is 2.53. The number of carboxylic acid groups (broad SMARTS) is 1. The van der Waals surface area contributed by atoms with Crippen molar-refractivity contribution in [3.63, 3.8) is 0 Å². The maximum Gasteiger partial charge on any atom is 0.335 e. The fourth-order valence-corrected chi connectivity index (χ4v) is 1.53. The molecule has 0 aliphatic heterocycles. The predicted molar refractivity (Wildman–Crippen MR) is 58.4 cm³/mol. The molecule has 5 nitrogen and oxygen atoms in total. The highest BCUT2D eigenvalue weighted by molar-refractivity contribution is 6.29. The maximum atomic E-state index is 10.8. The minimum absolute atomic E-state index is 0.110. The van der Waals surface area contributed by atoms with Crippen LogP contribution in [0, 0.1) is 0 Å². The number of carbonyl (C=O) groups is 1. The van der Waals surface area contributed by atoms with Crippen molar-refractivity contribution in [2.45, 2.75) is 0 Å². The lowest BCUT2D eigenvalue weighted by atomic mass is 10.1. The molecule has 0 aliphatic carbocycles. The second-order valence-electron chi connectivity index (χ2n) is 3.27. The summed E-state index contributed by atoms with van der Waals surface area (Å²) in [7, 11) is 1.77. The molecule has 2 rings (SSSR count). The van der Waals surface area contributed by atoms with Crippen LogP contribution < -0.4 is 0 Å². The van der Waals surface area contributed by atoms with Gasteiger partial charge in [-0.15, -0.1) is 0 Å². The Morgan fingerprint density at radius 1 is 1.50 bits per heavy atom. The molecular weight excluding hydrogens is 230 g/mol. The lowest BCUT2D eigenvalue weighted by Crippen LogP contribution is -1.98. The molecule has 6 heteroatoms. The molecule has 0 saturated heterocycles. The first-order valence-corrected chi connectivity index (χ1v) is 4.84. The zero-order chi connectivity index (χ0) is 11.7. The van der Waals surface area contributed by atoms with E-state index in [0.717, 1.165) is 5.56 Å². The van der Waals surface area contributed by atoms with Crippen molar-refractivity contribution < 1.29 is 9.90 Å². The molecule has 0 aromatic carbocycles. The highest BCUT2D eigenvalue weighted by Crippen LogP contribution is 2.20. The van der Waals surface area contributed by atoms with Crippen molar-refractivity contribution >= 4 is 17.6 Å². The van der Waals surface area contributed by atoms with E-state index in [1.54, 1.807) is 24.1 Å². The van der Waals surface area contributed by atoms with Crippen LogP contribution in [0.1, 0.15) is 10.4 Å². The van der Waals surface area contributed by atoms with Crippen LogP contribution in [0.3, 0.4) is 0 Å². The molecule has 0 bridgehead atoms. The zero-order valence-electron chi connectivity index (χ0n) is 8.38. The largest absolute Gasteiger partial charge is 0.478 e. The smallest absolute Gasteiger partial charge is 0.335 e. The molecule has 0 amide bonds. The lowest BCUT2D eigenvalue weighted by molar-refractivity contribution is 0.0697. The minimum atomic E-state index is -1.03. The first-order chi connectivity index (χ1) is 7.56. The second kappa shape index (κ2) is 3.94. The second-order valence-corrected chi connectivity index (χ2v) is 3.66. The summed E-state index contributed by atoms with van der Waals surface area (Å²) in [4.78, 5) is 14.9. The third kappa shape index (κ3) is 2.04. The SMILES string of the molecule is Cn1cc(-c2cc(C(=O)O)cc(Cl)n2)cn1. The van der Waals surface area contributed by atoms with E-state index in [0.29, 0.717) is 5.69 Å². The van der Waals surface area contributed by atoms with Gasteiger partial charge in [-0.1, -0.05) is 11.6 Å². The standard InChI is InChI=1S/C10H8ClN3O2/c1-14-5-7(4-12-14)8-2-6(10(15)16)3-9(11)13-8/h2-5H,1H3,(H,15,16). The van der Waals surface area contributed by atoms with E-state index < -0.39 is 5.97 Å². The Kier molecular flexibility index (Phi) is 2.62. The molecular formula is C10H8ClN3O2. The van der Waals surface area contributed by atoms with Crippen LogP contribution >= 0.6 is 11.6 Å². The molecule has 0 spiro atoms. The molecule has 1 N–H and O–H groups in total. The summed E-state index contributed by atoms with van der Waals surface area (Å²) in [5, 5.41) is 13.0. The molecule has 0 aliphatic rings. The Hall–Kier alpha value is -1.88.